The SMILES string of the molecule is CCO/C=C/C(=O)Nc1cccc(Br)c1. The van der Waals surface area contributed by atoms with Gasteiger partial charge in [-0.2, -0.15) is 0 Å². The van der Waals surface area contributed by atoms with E-state index in [4.69, 9.17) is 4.74 Å². The number of ether oxygens (including phenoxy) is 1. The molecule has 0 saturated carbocycles. The van der Waals surface area contributed by atoms with Crippen LogP contribution in [0.3, 0.4) is 0 Å². The second-order valence-electron chi connectivity index (χ2n) is 2.76. The van der Waals surface area contributed by atoms with Crippen molar-refractivity contribution in [3.05, 3.63) is 41.1 Å². The fourth-order valence-corrected chi connectivity index (χ4v) is 1.36. The Morgan fingerprint density at radius 3 is 3.07 bits per heavy atom. The lowest BCUT2D eigenvalue weighted by Gasteiger charge is -2.01. The highest BCUT2D eigenvalue weighted by Crippen LogP contribution is 2.15. The number of amides is 1. The largest absolute Gasteiger partial charge is 0.501 e. The van der Waals surface area contributed by atoms with E-state index in [1.54, 1.807) is 0 Å². The van der Waals surface area contributed by atoms with E-state index in [0.29, 0.717) is 6.61 Å². The van der Waals surface area contributed by atoms with E-state index >= 15 is 0 Å². The number of nitrogens with one attached hydrogen (secondary N) is 1. The molecule has 3 nitrogen and oxygen atoms in total. The highest BCUT2D eigenvalue weighted by molar-refractivity contribution is 9.10. The summed E-state index contributed by atoms with van der Waals surface area (Å²) in [6, 6.07) is 7.39. The summed E-state index contributed by atoms with van der Waals surface area (Å²) >= 11 is 3.32. The van der Waals surface area contributed by atoms with Gasteiger partial charge in [-0.25, -0.2) is 0 Å². The van der Waals surface area contributed by atoms with Crippen LogP contribution in [-0.2, 0) is 9.53 Å². The zero-order valence-electron chi connectivity index (χ0n) is 8.37. The lowest BCUT2D eigenvalue weighted by atomic mass is 10.3. The number of carbonyl (C=O) groups is 1. The van der Waals surface area contributed by atoms with Gasteiger partial charge in [-0.05, 0) is 25.1 Å². The lowest BCUT2D eigenvalue weighted by Crippen LogP contribution is -2.07. The first-order valence-corrected chi connectivity index (χ1v) is 5.36. The number of carbonyl (C=O) groups excluding carboxylic acids is 1. The van der Waals surface area contributed by atoms with Gasteiger partial charge >= 0.3 is 0 Å². The first kappa shape index (κ1) is 11.8. The van der Waals surface area contributed by atoms with Gasteiger partial charge in [-0.1, -0.05) is 22.0 Å². The Hall–Kier alpha value is -1.29. The summed E-state index contributed by atoms with van der Waals surface area (Å²) < 4.78 is 5.84. The van der Waals surface area contributed by atoms with Crippen LogP contribution in [0.4, 0.5) is 5.69 Å². The van der Waals surface area contributed by atoms with Gasteiger partial charge in [0.1, 0.15) is 0 Å². The topological polar surface area (TPSA) is 38.3 Å². The number of rotatable bonds is 4. The molecule has 0 atom stereocenters. The van der Waals surface area contributed by atoms with Gasteiger partial charge in [-0.15, -0.1) is 0 Å². The standard InChI is InChI=1S/C11H12BrNO2/c1-2-15-7-6-11(14)13-10-5-3-4-9(12)8-10/h3-8H,2H2,1H3,(H,13,14)/b7-6+. The molecule has 0 aliphatic heterocycles. The first-order chi connectivity index (χ1) is 7.22. The van der Waals surface area contributed by atoms with Crippen LogP contribution < -0.4 is 5.32 Å². The van der Waals surface area contributed by atoms with Crippen molar-refractivity contribution in [1.29, 1.82) is 0 Å². The van der Waals surface area contributed by atoms with E-state index < -0.39 is 0 Å². The van der Waals surface area contributed by atoms with Crippen LogP contribution in [0.5, 0.6) is 0 Å². The summed E-state index contributed by atoms with van der Waals surface area (Å²) in [6.45, 7) is 2.41. The molecule has 0 unspecified atom stereocenters. The van der Waals surface area contributed by atoms with Crippen molar-refractivity contribution in [2.75, 3.05) is 11.9 Å². The molecule has 80 valence electrons. The Morgan fingerprint density at radius 2 is 2.40 bits per heavy atom. The minimum atomic E-state index is -0.207. The molecule has 1 N–H and O–H groups in total. The van der Waals surface area contributed by atoms with Crippen molar-refractivity contribution < 1.29 is 9.53 Å². The summed E-state index contributed by atoms with van der Waals surface area (Å²) in [5.41, 5.74) is 0.746. The van der Waals surface area contributed by atoms with Gasteiger partial charge in [0.05, 0.1) is 12.9 Å². The van der Waals surface area contributed by atoms with Crippen LogP contribution in [0, 0.1) is 0 Å². The number of hydrogen-bond donors (Lipinski definition) is 1. The summed E-state index contributed by atoms with van der Waals surface area (Å²) in [6.07, 6.45) is 2.73. The van der Waals surface area contributed by atoms with E-state index in [1.807, 2.05) is 31.2 Å². The van der Waals surface area contributed by atoms with Crippen LogP contribution in [0.2, 0.25) is 0 Å². The summed E-state index contributed by atoms with van der Waals surface area (Å²) in [7, 11) is 0. The second kappa shape index (κ2) is 6.24. The minimum absolute atomic E-state index is 0.207. The van der Waals surface area contributed by atoms with E-state index in [0.717, 1.165) is 10.2 Å². The van der Waals surface area contributed by atoms with Gasteiger partial charge in [0.25, 0.3) is 5.91 Å². The van der Waals surface area contributed by atoms with Gasteiger partial charge in [0, 0.05) is 16.2 Å². The number of benzene rings is 1. The third-order valence-electron chi connectivity index (χ3n) is 1.57. The zero-order valence-corrected chi connectivity index (χ0v) is 9.95. The van der Waals surface area contributed by atoms with Crippen LogP contribution in [0.1, 0.15) is 6.92 Å². The van der Waals surface area contributed by atoms with Gasteiger partial charge in [-0.3, -0.25) is 4.79 Å². The molecule has 1 aromatic carbocycles. The van der Waals surface area contributed by atoms with Crippen molar-refractivity contribution in [1.82, 2.24) is 0 Å². The highest BCUT2D eigenvalue weighted by Gasteiger charge is 1.97. The van der Waals surface area contributed by atoms with Crippen LogP contribution >= 0.6 is 15.9 Å². The van der Waals surface area contributed by atoms with Crippen LogP contribution in [0.25, 0.3) is 0 Å². The summed E-state index contributed by atoms with van der Waals surface area (Å²) in [5, 5.41) is 2.71. The van der Waals surface area contributed by atoms with Crippen molar-refractivity contribution in [3.63, 3.8) is 0 Å². The highest BCUT2D eigenvalue weighted by atomic mass is 79.9. The molecule has 0 fully saturated rings. The molecule has 15 heavy (non-hydrogen) atoms. The maximum atomic E-state index is 11.3. The van der Waals surface area contributed by atoms with Crippen molar-refractivity contribution >= 4 is 27.5 Å². The Labute approximate surface area is 97.3 Å². The fourth-order valence-electron chi connectivity index (χ4n) is 0.956. The van der Waals surface area contributed by atoms with Gasteiger partial charge in [0.15, 0.2) is 0 Å². The Morgan fingerprint density at radius 1 is 1.60 bits per heavy atom. The molecule has 0 heterocycles. The molecule has 1 amide bonds. The lowest BCUT2D eigenvalue weighted by molar-refractivity contribution is -0.112. The molecule has 0 saturated heterocycles. The molecule has 0 bridgehead atoms. The smallest absolute Gasteiger partial charge is 0.251 e. The van der Waals surface area contributed by atoms with Crippen LogP contribution in [-0.4, -0.2) is 12.5 Å². The maximum Gasteiger partial charge on any atom is 0.251 e. The Bertz CT molecular complexity index is 363. The molecule has 1 aromatic rings. The molecular formula is C11H12BrNO2. The first-order valence-electron chi connectivity index (χ1n) is 4.57. The van der Waals surface area contributed by atoms with E-state index in [9.17, 15) is 4.79 Å². The Balaban J connectivity index is 2.51. The van der Waals surface area contributed by atoms with E-state index in [-0.39, 0.29) is 5.91 Å². The van der Waals surface area contributed by atoms with E-state index in [2.05, 4.69) is 21.2 Å². The predicted molar refractivity (Wildman–Crippen MR) is 63.5 cm³/mol. The molecule has 0 aromatic heterocycles. The molecule has 0 spiro atoms. The number of halogens is 1. The third kappa shape index (κ3) is 4.65. The molecule has 1 rings (SSSR count). The molecule has 0 radical (unpaired) electrons. The Kier molecular flexibility index (Phi) is 4.90. The molecule has 0 aliphatic rings. The fraction of sp³-hybridized carbons (Fsp3) is 0.182. The summed E-state index contributed by atoms with van der Waals surface area (Å²) in [5.74, 6) is -0.207. The van der Waals surface area contributed by atoms with Crippen molar-refractivity contribution in [2.45, 2.75) is 6.92 Å². The molecule has 4 heteroatoms. The van der Waals surface area contributed by atoms with Crippen molar-refractivity contribution in [3.8, 4) is 0 Å². The van der Waals surface area contributed by atoms with Gasteiger partial charge in [0.2, 0.25) is 0 Å². The average molecular weight is 270 g/mol. The quantitative estimate of drug-likeness (QED) is 0.674. The molecule has 0 aliphatic carbocycles. The summed E-state index contributed by atoms with van der Waals surface area (Å²) in [4.78, 5) is 11.3. The zero-order chi connectivity index (χ0) is 11.1. The number of anilines is 1. The van der Waals surface area contributed by atoms with Gasteiger partial charge < -0.3 is 10.1 Å². The minimum Gasteiger partial charge on any atom is -0.501 e. The number of hydrogen-bond acceptors (Lipinski definition) is 2. The molecular weight excluding hydrogens is 258 g/mol. The van der Waals surface area contributed by atoms with Crippen LogP contribution in [0.15, 0.2) is 41.1 Å². The third-order valence-corrected chi connectivity index (χ3v) is 2.07. The monoisotopic (exact) mass is 269 g/mol. The normalized spacial score (nSPS) is 10.3. The maximum absolute atomic E-state index is 11.3. The predicted octanol–water partition coefficient (Wildman–Crippen LogP) is 2.94. The van der Waals surface area contributed by atoms with E-state index in [1.165, 1.54) is 12.3 Å². The second-order valence-corrected chi connectivity index (χ2v) is 3.67. The van der Waals surface area contributed by atoms with Crippen molar-refractivity contribution in [2.24, 2.45) is 0 Å². The average Bonchev–Trinajstić information content (AvgIpc) is 2.18.